The van der Waals surface area contributed by atoms with E-state index >= 15 is 0 Å². The van der Waals surface area contributed by atoms with Crippen LogP contribution in [0.5, 0.6) is 0 Å². The Morgan fingerprint density at radius 3 is 2.45 bits per heavy atom. The number of hydrogen-bond acceptors (Lipinski definition) is 3. The zero-order valence-corrected chi connectivity index (χ0v) is 12.0. The van der Waals surface area contributed by atoms with Gasteiger partial charge in [0.15, 0.2) is 5.82 Å². The zero-order chi connectivity index (χ0) is 14.0. The first-order valence-electron chi connectivity index (χ1n) is 7.46. The summed E-state index contributed by atoms with van der Waals surface area (Å²) in [4.78, 5) is 4.69. The highest BCUT2D eigenvalue weighted by Gasteiger charge is 2.39. The maximum Gasteiger partial charge on any atom is 0.161 e. The van der Waals surface area contributed by atoms with E-state index < -0.39 is 0 Å². The van der Waals surface area contributed by atoms with Crippen LogP contribution in [0.3, 0.4) is 0 Å². The largest absolute Gasteiger partial charge is 0.322 e. The summed E-state index contributed by atoms with van der Waals surface area (Å²) in [5, 5.41) is 7.50. The Morgan fingerprint density at radius 1 is 1.15 bits per heavy atom. The molecule has 0 bridgehead atoms. The van der Waals surface area contributed by atoms with Gasteiger partial charge in [-0.15, -0.1) is 0 Å². The molecular formula is C16H22N4. The van der Waals surface area contributed by atoms with Gasteiger partial charge < -0.3 is 5.73 Å². The van der Waals surface area contributed by atoms with E-state index in [0.717, 1.165) is 24.5 Å². The lowest BCUT2D eigenvalue weighted by molar-refractivity contribution is 0.331. The van der Waals surface area contributed by atoms with Crippen LogP contribution in [0.25, 0.3) is 0 Å². The number of benzene rings is 1. The summed E-state index contributed by atoms with van der Waals surface area (Å²) in [6.45, 7) is 1.93. The number of nitrogens with zero attached hydrogens (tertiary/aromatic N) is 2. The summed E-state index contributed by atoms with van der Waals surface area (Å²) in [5.41, 5.74) is 7.19. The van der Waals surface area contributed by atoms with E-state index in [1.165, 1.54) is 24.8 Å². The number of nitrogens with two attached hydrogens (primary N) is 1. The van der Waals surface area contributed by atoms with E-state index in [4.69, 9.17) is 10.7 Å². The fourth-order valence-electron chi connectivity index (χ4n) is 3.25. The highest BCUT2D eigenvalue weighted by molar-refractivity contribution is 5.33. The van der Waals surface area contributed by atoms with E-state index in [0.29, 0.717) is 0 Å². The van der Waals surface area contributed by atoms with Crippen molar-refractivity contribution in [2.75, 3.05) is 0 Å². The van der Waals surface area contributed by atoms with Gasteiger partial charge in [-0.1, -0.05) is 49.6 Å². The van der Waals surface area contributed by atoms with Crippen molar-refractivity contribution in [3.63, 3.8) is 0 Å². The highest BCUT2D eigenvalue weighted by atomic mass is 15.2. The van der Waals surface area contributed by atoms with Gasteiger partial charge in [-0.05, 0) is 25.3 Å². The van der Waals surface area contributed by atoms with Crippen LogP contribution in [0.1, 0.15) is 62.3 Å². The molecule has 1 aromatic carbocycles. The Hall–Kier alpha value is -1.68. The van der Waals surface area contributed by atoms with Gasteiger partial charge in [0.05, 0.1) is 11.5 Å². The number of aromatic nitrogens is 3. The average molecular weight is 270 g/mol. The Bertz CT molecular complexity index is 553. The van der Waals surface area contributed by atoms with Crippen molar-refractivity contribution in [1.82, 2.24) is 15.2 Å². The summed E-state index contributed by atoms with van der Waals surface area (Å²) in [6.07, 6.45) is 6.01. The smallest absolute Gasteiger partial charge is 0.161 e. The molecule has 0 amide bonds. The molecule has 0 radical (unpaired) electrons. The third kappa shape index (κ3) is 2.24. The predicted molar refractivity (Wildman–Crippen MR) is 79.3 cm³/mol. The second-order valence-electron chi connectivity index (χ2n) is 5.84. The van der Waals surface area contributed by atoms with Gasteiger partial charge in [-0.2, -0.15) is 5.10 Å². The van der Waals surface area contributed by atoms with Crippen LogP contribution in [-0.4, -0.2) is 15.2 Å². The van der Waals surface area contributed by atoms with Gasteiger partial charge >= 0.3 is 0 Å². The summed E-state index contributed by atoms with van der Waals surface area (Å²) in [5.74, 6) is 1.69. The maximum absolute atomic E-state index is 5.90. The zero-order valence-electron chi connectivity index (χ0n) is 12.0. The predicted octanol–water partition coefficient (Wildman–Crippen LogP) is 3.07. The quantitative estimate of drug-likeness (QED) is 0.900. The van der Waals surface area contributed by atoms with Crippen LogP contribution in [0.4, 0.5) is 0 Å². The normalized spacial score (nSPS) is 19.7. The summed E-state index contributed by atoms with van der Waals surface area (Å²) < 4.78 is 0. The lowest BCUT2D eigenvalue weighted by atomic mass is 9.69. The molecule has 4 heteroatoms. The second kappa shape index (κ2) is 5.37. The Morgan fingerprint density at radius 2 is 1.85 bits per heavy atom. The Balaban J connectivity index is 2.05. The first-order chi connectivity index (χ1) is 9.72. The van der Waals surface area contributed by atoms with Crippen molar-refractivity contribution < 1.29 is 0 Å². The number of nitrogens with one attached hydrogen (secondary N) is 1. The van der Waals surface area contributed by atoms with Gasteiger partial charge in [-0.3, -0.25) is 5.10 Å². The fourth-order valence-corrected chi connectivity index (χ4v) is 3.25. The van der Waals surface area contributed by atoms with E-state index in [9.17, 15) is 0 Å². The molecule has 3 rings (SSSR count). The van der Waals surface area contributed by atoms with Crippen molar-refractivity contribution in [3.8, 4) is 0 Å². The van der Waals surface area contributed by atoms with Crippen LogP contribution in [0.15, 0.2) is 30.3 Å². The molecule has 0 saturated heterocycles. The molecule has 2 aromatic rings. The Kier molecular flexibility index (Phi) is 3.57. The molecule has 1 aliphatic carbocycles. The topological polar surface area (TPSA) is 67.6 Å². The molecule has 1 saturated carbocycles. The van der Waals surface area contributed by atoms with E-state index in [1.54, 1.807) is 0 Å². The molecule has 1 atom stereocenters. The van der Waals surface area contributed by atoms with E-state index in [2.05, 4.69) is 40.5 Å². The van der Waals surface area contributed by atoms with Gasteiger partial charge in [0.1, 0.15) is 5.82 Å². The van der Waals surface area contributed by atoms with Crippen molar-refractivity contribution in [2.24, 2.45) is 5.73 Å². The molecule has 1 aliphatic rings. The molecule has 3 N–H and O–H groups in total. The van der Waals surface area contributed by atoms with Crippen LogP contribution in [0, 0.1) is 0 Å². The first kappa shape index (κ1) is 13.3. The van der Waals surface area contributed by atoms with Crippen molar-refractivity contribution in [3.05, 3.63) is 47.5 Å². The van der Waals surface area contributed by atoms with Crippen LogP contribution in [0.2, 0.25) is 0 Å². The lowest BCUT2D eigenvalue weighted by Crippen LogP contribution is -2.32. The average Bonchev–Trinajstić information content (AvgIpc) is 2.99. The summed E-state index contributed by atoms with van der Waals surface area (Å²) >= 11 is 0. The molecule has 1 unspecified atom stereocenters. The van der Waals surface area contributed by atoms with Crippen molar-refractivity contribution >= 4 is 0 Å². The third-order valence-electron chi connectivity index (χ3n) is 4.40. The van der Waals surface area contributed by atoms with E-state index in [1.807, 2.05) is 6.92 Å². The molecule has 20 heavy (non-hydrogen) atoms. The maximum atomic E-state index is 5.90. The molecule has 1 fully saturated rings. The summed E-state index contributed by atoms with van der Waals surface area (Å²) in [7, 11) is 0. The Labute approximate surface area is 119 Å². The third-order valence-corrected chi connectivity index (χ3v) is 4.40. The minimum Gasteiger partial charge on any atom is -0.322 e. The minimum atomic E-state index is -0.104. The molecule has 1 heterocycles. The van der Waals surface area contributed by atoms with Crippen LogP contribution < -0.4 is 5.73 Å². The number of aromatic amines is 1. The van der Waals surface area contributed by atoms with Gasteiger partial charge in [0.2, 0.25) is 0 Å². The van der Waals surface area contributed by atoms with Crippen LogP contribution in [-0.2, 0) is 5.41 Å². The number of rotatable bonds is 3. The van der Waals surface area contributed by atoms with Gasteiger partial charge in [0, 0.05) is 0 Å². The standard InChI is InChI=1S/C16H22N4/c1-12(17)14-18-15(20-19-14)16(10-6-3-7-11-16)13-8-4-2-5-9-13/h2,4-5,8-9,12H,3,6-7,10-11,17H2,1H3,(H,18,19,20). The van der Waals surface area contributed by atoms with Crippen molar-refractivity contribution in [2.45, 2.75) is 50.5 Å². The van der Waals surface area contributed by atoms with Gasteiger partial charge in [-0.25, -0.2) is 4.98 Å². The fraction of sp³-hybridized carbons (Fsp3) is 0.500. The molecule has 106 valence electrons. The second-order valence-corrected chi connectivity index (χ2v) is 5.84. The molecule has 1 aromatic heterocycles. The number of H-pyrrole nitrogens is 1. The first-order valence-corrected chi connectivity index (χ1v) is 7.46. The molecule has 0 aliphatic heterocycles. The van der Waals surface area contributed by atoms with E-state index in [-0.39, 0.29) is 11.5 Å². The monoisotopic (exact) mass is 270 g/mol. The van der Waals surface area contributed by atoms with Crippen molar-refractivity contribution in [1.29, 1.82) is 0 Å². The molecular weight excluding hydrogens is 248 g/mol. The molecule has 0 spiro atoms. The van der Waals surface area contributed by atoms with Gasteiger partial charge in [0.25, 0.3) is 0 Å². The SMILES string of the molecule is CC(N)c1nc(C2(c3ccccc3)CCCCC2)n[nH]1. The summed E-state index contributed by atoms with van der Waals surface area (Å²) in [6, 6.07) is 10.6. The van der Waals surface area contributed by atoms with Crippen LogP contribution >= 0.6 is 0 Å². The molecule has 4 nitrogen and oxygen atoms in total. The number of hydrogen-bond donors (Lipinski definition) is 2. The lowest BCUT2D eigenvalue weighted by Gasteiger charge is -2.35. The minimum absolute atomic E-state index is 0.0385. The highest BCUT2D eigenvalue weighted by Crippen LogP contribution is 2.43.